The molecule has 1 saturated heterocycles. The molecule has 0 radical (unpaired) electrons. The average Bonchev–Trinajstić information content (AvgIpc) is 2.46. The van der Waals surface area contributed by atoms with Crippen molar-refractivity contribution in [2.75, 3.05) is 26.0 Å². The highest BCUT2D eigenvalue weighted by atomic mass is 32.2. The van der Waals surface area contributed by atoms with Gasteiger partial charge >= 0.3 is 0 Å². The van der Waals surface area contributed by atoms with E-state index in [9.17, 15) is 8.42 Å². The Morgan fingerprint density at radius 2 is 2.18 bits per heavy atom. The number of piperidine rings is 1. The molecule has 1 heterocycles. The Bertz CT molecular complexity index is 589. The van der Waals surface area contributed by atoms with Crippen molar-refractivity contribution in [3.05, 3.63) is 29.8 Å². The maximum absolute atomic E-state index is 11.6. The first kappa shape index (κ1) is 17.2. The van der Waals surface area contributed by atoms with E-state index in [2.05, 4.69) is 18.3 Å². The van der Waals surface area contributed by atoms with Crippen LogP contribution in [-0.2, 0) is 16.6 Å². The zero-order valence-electron chi connectivity index (χ0n) is 13.6. The molecule has 1 aliphatic rings. The van der Waals surface area contributed by atoms with Gasteiger partial charge in [-0.25, -0.2) is 12.7 Å². The molecule has 22 heavy (non-hydrogen) atoms. The van der Waals surface area contributed by atoms with Crippen molar-refractivity contribution >= 4 is 10.0 Å². The molecular weight excluding hydrogens is 300 g/mol. The summed E-state index contributed by atoms with van der Waals surface area (Å²) in [5.74, 6) is 1.19. The third kappa shape index (κ3) is 4.69. The molecule has 0 saturated carbocycles. The van der Waals surface area contributed by atoms with E-state index in [-0.39, 0.29) is 0 Å². The van der Waals surface area contributed by atoms with Crippen LogP contribution in [0.1, 0.15) is 25.8 Å². The van der Waals surface area contributed by atoms with Gasteiger partial charge in [0.15, 0.2) is 0 Å². The van der Waals surface area contributed by atoms with Crippen molar-refractivity contribution in [2.24, 2.45) is 5.92 Å². The molecule has 5 nitrogen and oxygen atoms in total. The Morgan fingerprint density at radius 1 is 1.41 bits per heavy atom. The summed E-state index contributed by atoms with van der Waals surface area (Å²) in [5.41, 5.74) is 1.18. The van der Waals surface area contributed by atoms with Gasteiger partial charge < -0.3 is 10.1 Å². The second-order valence-electron chi connectivity index (χ2n) is 5.95. The molecule has 1 fully saturated rings. The van der Waals surface area contributed by atoms with Crippen LogP contribution < -0.4 is 10.1 Å². The summed E-state index contributed by atoms with van der Waals surface area (Å²) < 4.78 is 30.3. The summed E-state index contributed by atoms with van der Waals surface area (Å²) in [4.78, 5) is 0. The highest BCUT2D eigenvalue weighted by Crippen LogP contribution is 2.20. The number of hydrogen-bond acceptors (Lipinski definition) is 4. The predicted octanol–water partition coefficient (Wildman–Crippen LogP) is 1.84. The first-order valence-corrected chi connectivity index (χ1v) is 9.65. The molecule has 2 unspecified atom stereocenters. The Labute approximate surface area is 133 Å². The largest absolute Gasteiger partial charge is 0.494 e. The lowest BCUT2D eigenvalue weighted by atomic mass is 9.95. The summed E-state index contributed by atoms with van der Waals surface area (Å²) >= 11 is 0. The smallest absolute Gasteiger partial charge is 0.211 e. The maximum Gasteiger partial charge on any atom is 0.211 e. The zero-order chi connectivity index (χ0) is 16.2. The molecule has 1 N–H and O–H groups in total. The molecule has 0 amide bonds. The number of benzene rings is 1. The number of nitrogens with one attached hydrogen (secondary N) is 1. The van der Waals surface area contributed by atoms with Crippen molar-refractivity contribution < 1.29 is 13.2 Å². The van der Waals surface area contributed by atoms with Gasteiger partial charge in [-0.05, 0) is 37.0 Å². The predicted molar refractivity (Wildman–Crippen MR) is 88.4 cm³/mol. The lowest BCUT2D eigenvalue weighted by Crippen LogP contribution is -2.49. The molecule has 6 heteroatoms. The topological polar surface area (TPSA) is 58.6 Å². The molecular formula is C16H26N2O3S. The van der Waals surface area contributed by atoms with Crippen molar-refractivity contribution in [1.82, 2.24) is 9.62 Å². The highest BCUT2D eigenvalue weighted by Gasteiger charge is 2.29. The summed E-state index contributed by atoms with van der Waals surface area (Å²) in [6.45, 7) is 6.70. The quantitative estimate of drug-likeness (QED) is 0.867. The van der Waals surface area contributed by atoms with Gasteiger partial charge in [0.2, 0.25) is 10.0 Å². The summed E-state index contributed by atoms with van der Waals surface area (Å²) in [7, 11) is -3.07. The molecule has 1 aromatic rings. The number of ether oxygens (including phenoxy) is 1. The normalized spacial score (nSPS) is 23.4. The lowest BCUT2D eigenvalue weighted by Gasteiger charge is -2.36. The fourth-order valence-electron chi connectivity index (χ4n) is 2.87. The Morgan fingerprint density at radius 3 is 2.82 bits per heavy atom. The SMILES string of the molecule is CCOc1cccc(CNC2CCN(S(C)(=O)=O)CC2C)c1. The van der Waals surface area contributed by atoms with E-state index in [0.29, 0.717) is 31.7 Å². The lowest BCUT2D eigenvalue weighted by molar-refractivity contribution is 0.220. The summed E-state index contributed by atoms with van der Waals surface area (Å²) in [5, 5.41) is 3.55. The van der Waals surface area contributed by atoms with Crippen LogP contribution in [0.5, 0.6) is 5.75 Å². The molecule has 0 spiro atoms. The minimum absolute atomic E-state index is 0.304. The van der Waals surface area contributed by atoms with Crippen LogP contribution in [0.2, 0.25) is 0 Å². The van der Waals surface area contributed by atoms with Crippen molar-refractivity contribution in [3.8, 4) is 5.75 Å². The van der Waals surface area contributed by atoms with Gasteiger partial charge in [0.05, 0.1) is 12.9 Å². The van der Waals surface area contributed by atoms with Crippen LogP contribution in [0, 0.1) is 5.92 Å². The summed E-state index contributed by atoms with van der Waals surface area (Å²) in [6, 6.07) is 8.42. The monoisotopic (exact) mass is 326 g/mol. The van der Waals surface area contributed by atoms with E-state index in [4.69, 9.17) is 4.74 Å². The van der Waals surface area contributed by atoms with Crippen LogP contribution in [0.15, 0.2) is 24.3 Å². The van der Waals surface area contributed by atoms with E-state index < -0.39 is 10.0 Å². The number of sulfonamides is 1. The van der Waals surface area contributed by atoms with Crippen LogP contribution in [0.25, 0.3) is 0 Å². The fourth-order valence-corrected chi connectivity index (χ4v) is 3.82. The van der Waals surface area contributed by atoms with Crippen LogP contribution in [-0.4, -0.2) is 44.7 Å². The molecule has 1 aromatic carbocycles. The van der Waals surface area contributed by atoms with Gasteiger partial charge in [0.1, 0.15) is 5.75 Å². The van der Waals surface area contributed by atoms with E-state index in [0.717, 1.165) is 18.7 Å². The van der Waals surface area contributed by atoms with Crippen LogP contribution in [0.4, 0.5) is 0 Å². The van der Waals surface area contributed by atoms with Gasteiger partial charge in [-0.3, -0.25) is 0 Å². The number of nitrogens with zero attached hydrogens (tertiary/aromatic N) is 1. The third-order valence-corrected chi connectivity index (χ3v) is 5.38. The van der Waals surface area contributed by atoms with Crippen molar-refractivity contribution in [2.45, 2.75) is 32.9 Å². The van der Waals surface area contributed by atoms with Gasteiger partial charge in [0.25, 0.3) is 0 Å². The van der Waals surface area contributed by atoms with E-state index in [1.807, 2.05) is 25.1 Å². The summed E-state index contributed by atoms with van der Waals surface area (Å²) in [6.07, 6.45) is 2.13. The maximum atomic E-state index is 11.6. The Balaban J connectivity index is 1.89. The first-order valence-electron chi connectivity index (χ1n) is 7.80. The second-order valence-corrected chi connectivity index (χ2v) is 7.94. The van der Waals surface area contributed by atoms with Gasteiger partial charge in [-0.15, -0.1) is 0 Å². The highest BCUT2D eigenvalue weighted by molar-refractivity contribution is 7.88. The van der Waals surface area contributed by atoms with Crippen LogP contribution in [0.3, 0.4) is 0 Å². The molecule has 1 aliphatic heterocycles. The van der Waals surface area contributed by atoms with Crippen molar-refractivity contribution in [1.29, 1.82) is 0 Å². The van der Waals surface area contributed by atoms with Gasteiger partial charge in [0, 0.05) is 25.7 Å². The first-order chi connectivity index (χ1) is 10.4. The molecule has 2 atom stereocenters. The second kappa shape index (κ2) is 7.44. The fraction of sp³-hybridized carbons (Fsp3) is 0.625. The molecule has 124 valence electrons. The molecule has 0 bridgehead atoms. The number of hydrogen-bond donors (Lipinski definition) is 1. The Kier molecular flexibility index (Phi) is 5.83. The average molecular weight is 326 g/mol. The minimum atomic E-state index is -3.07. The number of rotatable bonds is 6. The molecule has 0 aromatic heterocycles. The zero-order valence-corrected chi connectivity index (χ0v) is 14.4. The van der Waals surface area contributed by atoms with E-state index >= 15 is 0 Å². The molecule has 2 rings (SSSR count). The molecule has 0 aliphatic carbocycles. The standard InChI is InChI=1S/C16H26N2O3S/c1-4-21-15-7-5-6-14(10-15)11-17-16-8-9-18(12-13(16)2)22(3,19)20/h5-7,10,13,16-17H,4,8-9,11-12H2,1-3H3. The van der Waals surface area contributed by atoms with E-state index in [1.54, 1.807) is 4.31 Å². The van der Waals surface area contributed by atoms with Gasteiger partial charge in [-0.2, -0.15) is 0 Å². The van der Waals surface area contributed by atoms with E-state index in [1.165, 1.54) is 11.8 Å². The minimum Gasteiger partial charge on any atom is -0.494 e. The third-order valence-electron chi connectivity index (χ3n) is 4.11. The van der Waals surface area contributed by atoms with Crippen LogP contribution >= 0.6 is 0 Å². The van der Waals surface area contributed by atoms with Gasteiger partial charge in [-0.1, -0.05) is 19.1 Å². The van der Waals surface area contributed by atoms with Crippen molar-refractivity contribution in [3.63, 3.8) is 0 Å². The Hall–Kier alpha value is -1.11.